The van der Waals surface area contributed by atoms with Crippen LogP contribution in [0.25, 0.3) is 0 Å². The van der Waals surface area contributed by atoms with Gasteiger partial charge < -0.3 is 11.1 Å². The van der Waals surface area contributed by atoms with Gasteiger partial charge >= 0.3 is 0 Å². The predicted octanol–water partition coefficient (Wildman–Crippen LogP) is 3.51. The number of hydrogen-bond donors (Lipinski definition) is 2. The van der Waals surface area contributed by atoms with Crippen molar-refractivity contribution in [3.63, 3.8) is 0 Å². The average molecular weight is 295 g/mol. The molecule has 3 N–H and O–H groups in total. The minimum Gasteiger partial charge on any atom is -0.397 e. The van der Waals surface area contributed by atoms with Crippen LogP contribution >= 0.6 is 23.2 Å². The summed E-state index contributed by atoms with van der Waals surface area (Å²) in [5.74, 6) is -0.255. The molecule has 19 heavy (non-hydrogen) atoms. The Kier molecular flexibility index (Phi) is 4.30. The van der Waals surface area contributed by atoms with Gasteiger partial charge in [-0.25, -0.2) is 0 Å². The number of carbonyl (C=O) groups is 1. The predicted molar refractivity (Wildman–Crippen MR) is 78.5 cm³/mol. The van der Waals surface area contributed by atoms with Gasteiger partial charge in [-0.1, -0.05) is 41.4 Å². The van der Waals surface area contributed by atoms with Gasteiger partial charge in [0.25, 0.3) is 5.91 Å². The molecule has 1 amide bonds. The Morgan fingerprint density at radius 1 is 1.11 bits per heavy atom. The van der Waals surface area contributed by atoms with Gasteiger partial charge in [0.05, 0.1) is 16.3 Å². The normalized spacial score (nSPS) is 10.2. The van der Waals surface area contributed by atoms with Crippen LogP contribution in [0.5, 0.6) is 0 Å². The highest BCUT2D eigenvalue weighted by Gasteiger charge is 2.11. The van der Waals surface area contributed by atoms with Gasteiger partial charge in [-0.3, -0.25) is 4.79 Å². The zero-order valence-corrected chi connectivity index (χ0v) is 11.5. The van der Waals surface area contributed by atoms with E-state index in [1.165, 1.54) is 0 Å². The second kappa shape index (κ2) is 5.95. The van der Waals surface area contributed by atoms with Crippen molar-refractivity contribution in [2.75, 3.05) is 5.73 Å². The van der Waals surface area contributed by atoms with E-state index in [-0.39, 0.29) is 11.6 Å². The minimum absolute atomic E-state index is 0.255. The summed E-state index contributed by atoms with van der Waals surface area (Å²) in [6.07, 6.45) is 0. The van der Waals surface area contributed by atoms with E-state index >= 15 is 0 Å². The van der Waals surface area contributed by atoms with Gasteiger partial charge in [-0.15, -0.1) is 0 Å². The maximum atomic E-state index is 12.0. The number of anilines is 1. The molecule has 0 aromatic heterocycles. The van der Waals surface area contributed by atoms with Gasteiger partial charge in [-0.05, 0) is 29.8 Å². The Morgan fingerprint density at radius 3 is 2.47 bits per heavy atom. The number of hydrogen-bond acceptors (Lipinski definition) is 2. The minimum atomic E-state index is -0.255. The summed E-state index contributed by atoms with van der Waals surface area (Å²) in [5, 5.41) is 3.82. The summed E-state index contributed by atoms with van der Waals surface area (Å²) in [4.78, 5) is 12.0. The fourth-order valence-corrected chi connectivity index (χ4v) is 1.92. The summed E-state index contributed by atoms with van der Waals surface area (Å²) in [6, 6.07) is 12.2. The fraction of sp³-hybridized carbons (Fsp3) is 0.0714. The first-order valence-corrected chi connectivity index (χ1v) is 6.40. The lowest BCUT2D eigenvalue weighted by Gasteiger charge is -2.08. The largest absolute Gasteiger partial charge is 0.397 e. The van der Waals surface area contributed by atoms with E-state index in [2.05, 4.69) is 5.32 Å². The molecule has 2 aromatic rings. The van der Waals surface area contributed by atoms with Crippen LogP contribution in [0, 0.1) is 0 Å². The molecule has 0 aliphatic heterocycles. The van der Waals surface area contributed by atoms with Gasteiger partial charge in [0.1, 0.15) is 0 Å². The summed E-state index contributed by atoms with van der Waals surface area (Å²) in [5.41, 5.74) is 7.38. The lowest BCUT2D eigenvalue weighted by molar-refractivity contribution is 0.0952. The van der Waals surface area contributed by atoms with Crippen LogP contribution in [0.1, 0.15) is 15.9 Å². The molecule has 2 aromatic carbocycles. The molecule has 0 aliphatic carbocycles. The van der Waals surface area contributed by atoms with Crippen LogP contribution in [0.4, 0.5) is 5.69 Å². The Hall–Kier alpha value is -1.71. The van der Waals surface area contributed by atoms with Crippen LogP contribution in [0.2, 0.25) is 10.0 Å². The monoisotopic (exact) mass is 294 g/mol. The molecule has 0 unspecified atom stereocenters. The molecule has 0 saturated heterocycles. The first-order chi connectivity index (χ1) is 9.08. The first kappa shape index (κ1) is 13.7. The quantitative estimate of drug-likeness (QED) is 0.851. The highest BCUT2D eigenvalue weighted by atomic mass is 35.5. The van der Waals surface area contributed by atoms with E-state index in [1.807, 2.05) is 12.1 Å². The number of benzene rings is 2. The van der Waals surface area contributed by atoms with Crippen molar-refractivity contribution in [2.24, 2.45) is 0 Å². The molecule has 0 atom stereocenters. The standard InChI is InChI=1S/C14H12Cl2N2O/c15-10-6-4-9(5-7-10)8-18-14(19)11-2-1-3-12(16)13(11)17/h1-7H,8,17H2,(H,18,19). The van der Waals surface area contributed by atoms with E-state index in [1.54, 1.807) is 30.3 Å². The summed E-state index contributed by atoms with van der Waals surface area (Å²) in [6.45, 7) is 0.405. The van der Waals surface area contributed by atoms with Gasteiger partial charge in [0.15, 0.2) is 0 Å². The average Bonchev–Trinajstić information content (AvgIpc) is 2.41. The fourth-order valence-electron chi connectivity index (χ4n) is 1.61. The van der Waals surface area contributed by atoms with Crippen molar-refractivity contribution in [1.82, 2.24) is 5.32 Å². The number of nitrogens with one attached hydrogen (secondary N) is 1. The van der Waals surface area contributed by atoms with E-state index in [4.69, 9.17) is 28.9 Å². The second-order valence-corrected chi connectivity index (χ2v) is 4.85. The molecule has 5 heteroatoms. The van der Waals surface area contributed by atoms with E-state index < -0.39 is 0 Å². The van der Waals surface area contributed by atoms with Crippen LogP contribution in [0.15, 0.2) is 42.5 Å². The highest BCUT2D eigenvalue weighted by Crippen LogP contribution is 2.22. The van der Waals surface area contributed by atoms with Crippen LogP contribution in [0.3, 0.4) is 0 Å². The summed E-state index contributed by atoms with van der Waals surface area (Å²) >= 11 is 11.7. The number of amides is 1. The molecular weight excluding hydrogens is 283 g/mol. The maximum Gasteiger partial charge on any atom is 0.253 e. The van der Waals surface area contributed by atoms with E-state index in [0.29, 0.717) is 22.2 Å². The molecule has 3 nitrogen and oxygen atoms in total. The highest BCUT2D eigenvalue weighted by molar-refractivity contribution is 6.34. The molecule has 0 bridgehead atoms. The van der Waals surface area contributed by atoms with Gasteiger partial charge in [-0.2, -0.15) is 0 Å². The second-order valence-electron chi connectivity index (χ2n) is 4.01. The SMILES string of the molecule is Nc1c(Cl)cccc1C(=O)NCc1ccc(Cl)cc1. The third kappa shape index (κ3) is 3.40. The van der Waals surface area contributed by atoms with E-state index in [9.17, 15) is 4.79 Å². The topological polar surface area (TPSA) is 55.1 Å². The number of nitrogens with two attached hydrogens (primary N) is 1. The molecule has 98 valence electrons. The van der Waals surface area contributed by atoms with Crippen molar-refractivity contribution in [3.8, 4) is 0 Å². The number of para-hydroxylation sites is 1. The maximum absolute atomic E-state index is 12.0. The van der Waals surface area contributed by atoms with Crippen molar-refractivity contribution < 1.29 is 4.79 Å². The van der Waals surface area contributed by atoms with Crippen LogP contribution in [-0.4, -0.2) is 5.91 Å². The molecule has 2 rings (SSSR count). The molecule has 0 fully saturated rings. The molecular formula is C14H12Cl2N2O. The molecule has 0 heterocycles. The third-order valence-electron chi connectivity index (χ3n) is 2.66. The Morgan fingerprint density at radius 2 is 1.79 bits per heavy atom. The first-order valence-electron chi connectivity index (χ1n) is 5.64. The van der Waals surface area contributed by atoms with Crippen molar-refractivity contribution in [1.29, 1.82) is 0 Å². The number of rotatable bonds is 3. The van der Waals surface area contributed by atoms with Crippen LogP contribution in [-0.2, 0) is 6.54 Å². The third-order valence-corrected chi connectivity index (χ3v) is 3.25. The molecule has 0 radical (unpaired) electrons. The number of halogens is 2. The zero-order valence-electron chi connectivity index (χ0n) is 9.99. The lowest BCUT2D eigenvalue weighted by atomic mass is 10.1. The van der Waals surface area contributed by atoms with Crippen molar-refractivity contribution >= 4 is 34.8 Å². The summed E-state index contributed by atoms with van der Waals surface area (Å²) in [7, 11) is 0. The Labute approximate surface area is 121 Å². The van der Waals surface area contributed by atoms with Crippen LogP contribution < -0.4 is 11.1 Å². The molecule has 0 spiro atoms. The van der Waals surface area contributed by atoms with Crippen molar-refractivity contribution in [3.05, 3.63) is 63.6 Å². The Balaban J connectivity index is 2.05. The smallest absolute Gasteiger partial charge is 0.253 e. The summed E-state index contributed by atoms with van der Waals surface area (Å²) < 4.78 is 0. The number of carbonyl (C=O) groups excluding carboxylic acids is 1. The Bertz CT molecular complexity index is 597. The molecule has 0 saturated carbocycles. The van der Waals surface area contributed by atoms with Gasteiger partial charge in [0.2, 0.25) is 0 Å². The zero-order chi connectivity index (χ0) is 13.8. The van der Waals surface area contributed by atoms with E-state index in [0.717, 1.165) is 5.56 Å². The lowest BCUT2D eigenvalue weighted by Crippen LogP contribution is -2.23. The van der Waals surface area contributed by atoms with Gasteiger partial charge in [0, 0.05) is 11.6 Å². The molecule has 0 aliphatic rings. The number of nitrogen functional groups attached to an aromatic ring is 1. The van der Waals surface area contributed by atoms with Crippen molar-refractivity contribution in [2.45, 2.75) is 6.54 Å².